The zero-order valence-corrected chi connectivity index (χ0v) is 9.95. The molecule has 18 heavy (non-hydrogen) atoms. The van der Waals surface area contributed by atoms with E-state index < -0.39 is 30.2 Å². The summed E-state index contributed by atoms with van der Waals surface area (Å²) in [6, 6.07) is 2.79. The Morgan fingerprint density at radius 2 is 2.06 bits per heavy atom. The van der Waals surface area contributed by atoms with Gasteiger partial charge in [0.2, 0.25) is 0 Å². The molecular formula is C11H11ClFNO4. The van der Waals surface area contributed by atoms with E-state index in [2.05, 4.69) is 5.32 Å². The molecule has 0 amide bonds. The monoisotopic (exact) mass is 275 g/mol. The fourth-order valence-corrected chi connectivity index (χ4v) is 1.58. The zero-order chi connectivity index (χ0) is 13.7. The topological polar surface area (TPSA) is 86.6 Å². The first-order valence-electron chi connectivity index (χ1n) is 5.02. The van der Waals surface area contributed by atoms with Gasteiger partial charge >= 0.3 is 11.9 Å². The molecule has 0 aliphatic carbocycles. The normalized spacial score (nSPS) is 12.1. The smallest absolute Gasteiger partial charge is 0.321 e. The van der Waals surface area contributed by atoms with Gasteiger partial charge in [0.15, 0.2) is 0 Å². The van der Waals surface area contributed by atoms with E-state index in [4.69, 9.17) is 21.8 Å². The van der Waals surface area contributed by atoms with Crippen LogP contribution < -0.4 is 5.32 Å². The van der Waals surface area contributed by atoms with Crippen LogP contribution in [-0.4, -0.2) is 28.2 Å². The first-order chi connectivity index (χ1) is 8.41. The van der Waals surface area contributed by atoms with E-state index in [-0.39, 0.29) is 17.1 Å². The van der Waals surface area contributed by atoms with Gasteiger partial charge in [-0.05, 0) is 12.1 Å². The second-order valence-corrected chi connectivity index (χ2v) is 3.98. The Kier molecular flexibility index (Phi) is 5.06. The van der Waals surface area contributed by atoms with Crippen LogP contribution in [0.15, 0.2) is 18.2 Å². The highest BCUT2D eigenvalue weighted by molar-refractivity contribution is 6.31. The van der Waals surface area contributed by atoms with Gasteiger partial charge in [-0.15, -0.1) is 0 Å². The standard InChI is InChI=1S/C11H11ClFNO4/c12-7-2-1-3-8(13)6(7)5-14-9(11(17)18)4-10(15)16/h1-3,9,14H,4-5H2,(H,15,16)(H,17,18). The van der Waals surface area contributed by atoms with Crippen LogP contribution in [0.1, 0.15) is 12.0 Å². The quantitative estimate of drug-likeness (QED) is 0.732. The van der Waals surface area contributed by atoms with E-state index in [1.165, 1.54) is 18.2 Å². The lowest BCUT2D eigenvalue weighted by atomic mass is 10.1. The minimum Gasteiger partial charge on any atom is -0.481 e. The first-order valence-corrected chi connectivity index (χ1v) is 5.40. The third kappa shape index (κ3) is 3.97. The predicted molar refractivity (Wildman–Crippen MR) is 61.9 cm³/mol. The van der Waals surface area contributed by atoms with Gasteiger partial charge in [0.1, 0.15) is 11.9 Å². The number of nitrogens with one attached hydrogen (secondary N) is 1. The van der Waals surface area contributed by atoms with Crippen molar-refractivity contribution in [3.05, 3.63) is 34.6 Å². The fourth-order valence-electron chi connectivity index (χ4n) is 1.35. The van der Waals surface area contributed by atoms with Crippen molar-refractivity contribution >= 4 is 23.5 Å². The second kappa shape index (κ2) is 6.32. The molecule has 0 aliphatic rings. The van der Waals surface area contributed by atoms with Gasteiger partial charge in [-0.25, -0.2) is 4.39 Å². The average Bonchev–Trinajstić information content (AvgIpc) is 2.26. The van der Waals surface area contributed by atoms with Crippen molar-refractivity contribution in [1.82, 2.24) is 5.32 Å². The number of rotatable bonds is 6. The number of carbonyl (C=O) groups is 2. The van der Waals surface area contributed by atoms with Crippen molar-refractivity contribution in [2.45, 2.75) is 19.0 Å². The summed E-state index contributed by atoms with van der Waals surface area (Å²) in [6.45, 7) is -0.157. The Labute approximate surface area is 107 Å². The van der Waals surface area contributed by atoms with Gasteiger partial charge in [0.05, 0.1) is 6.42 Å². The lowest BCUT2D eigenvalue weighted by Crippen LogP contribution is -2.38. The molecule has 0 spiro atoms. The summed E-state index contributed by atoms with van der Waals surface area (Å²) >= 11 is 5.75. The number of aliphatic carboxylic acids is 2. The number of carboxylic acids is 2. The highest BCUT2D eigenvalue weighted by Gasteiger charge is 2.21. The van der Waals surface area contributed by atoms with Crippen molar-refractivity contribution in [3.63, 3.8) is 0 Å². The molecule has 1 aromatic carbocycles. The molecule has 7 heteroatoms. The minimum atomic E-state index is -1.31. The highest BCUT2D eigenvalue weighted by Crippen LogP contribution is 2.18. The Morgan fingerprint density at radius 1 is 1.39 bits per heavy atom. The van der Waals surface area contributed by atoms with Crippen LogP contribution >= 0.6 is 11.6 Å². The van der Waals surface area contributed by atoms with E-state index in [1.807, 2.05) is 0 Å². The average molecular weight is 276 g/mol. The third-order valence-electron chi connectivity index (χ3n) is 2.26. The summed E-state index contributed by atoms with van der Waals surface area (Å²) in [5.41, 5.74) is 0.107. The molecule has 1 rings (SSSR count). The molecule has 0 saturated carbocycles. The Morgan fingerprint density at radius 3 is 2.56 bits per heavy atom. The van der Waals surface area contributed by atoms with Crippen LogP contribution in [0.5, 0.6) is 0 Å². The van der Waals surface area contributed by atoms with Crippen molar-refractivity contribution < 1.29 is 24.2 Å². The van der Waals surface area contributed by atoms with Gasteiger partial charge in [-0.3, -0.25) is 14.9 Å². The lowest BCUT2D eigenvalue weighted by molar-refractivity contribution is -0.146. The van der Waals surface area contributed by atoms with Crippen LogP contribution in [0.4, 0.5) is 4.39 Å². The third-order valence-corrected chi connectivity index (χ3v) is 2.62. The van der Waals surface area contributed by atoms with Crippen LogP contribution in [0, 0.1) is 5.82 Å². The highest BCUT2D eigenvalue weighted by atomic mass is 35.5. The summed E-state index contributed by atoms with van der Waals surface area (Å²) in [4.78, 5) is 21.2. The lowest BCUT2D eigenvalue weighted by Gasteiger charge is -2.13. The molecule has 0 radical (unpaired) electrons. The van der Waals surface area contributed by atoms with Gasteiger partial charge in [0, 0.05) is 17.1 Å². The van der Waals surface area contributed by atoms with Gasteiger partial charge in [0.25, 0.3) is 0 Å². The van der Waals surface area contributed by atoms with Gasteiger partial charge < -0.3 is 10.2 Å². The minimum absolute atomic E-state index is 0.107. The molecular weight excluding hydrogens is 265 g/mol. The molecule has 1 aromatic rings. The number of benzene rings is 1. The molecule has 3 N–H and O–H groups in total. The van der Waals surface area contributed by atoms with E-state index in [0.717, 1.165) is 0 Å². The van der Waals surface area contributed by atoms with Crippen molar-refractivity contribution in [2.24, 2.45) is 0 Å². The molecule has 1 atom stereocenters. The predicted octanol–water partition coefficient (Wildman–Crippen LogP) is 1.50. The van der Waals surface area contributed by atoms with Crippen molar-refractivity contribution in [2.75, 3.05) is 0 Å². The largest absolute Gasteiger partial charge is 0.481 e. The van der Waals surface area contributed by atoms with Crippen LogP contribution in [0.3, 0.4) is 0 Å². The fraction of sp³-hybridized carbons (Fsp3) is 0.273. The maximum Gasteiger partial charge on any atom is 0.321 e. The Bertz CT molecular complexity index is 446. The molecule has 0 aromatic heterocycles. The van der Waals surface area contributed by atoms with Gasteiger partial charge in [-0.2, -0.15) is 0 Å². The van der Waals surface area contributed by atoms with E-state index in [1.54, 1.807) is 0 Å². The van der Waals surface area contributed by atoms with Crippen LogP contribution in [-0.2, 0) is 16.1 Å². The molecule has 0 aliphatic heterocycles. The molecule has 98 valence electrons. The summed E-state index contributed by atoms with van der Waals surface area (Å²) in [5.74, 6) is -3.14. The molecule has 5 nitrogen and oxygen atoms in total. The Balaban J connectivity index is 2.73. The molecule has 0 fully saturated rings. The maximum absolute atomic E-state index is 13.4. The molecule has 1 unspecified atom stereocenters. The first kappa shape index (κ1) is 14.4. The summed E-state index contributed by atoms with van der Waals surface area (Å²) in [5, 5.41) is 19.9. The molecule has 0 saturated heterocycles. The van der Waals surface area contributed by atoms with Gasteiger partial charge in [-0.1, -0.05) is 17.7 Å². The number of hydrogen-bond donors (Lipinski definition) is 3. The van der Waals surface area contributed by atoms with E-state index >= 15 is 0 Å². The molecule has 0 heterocycles. The zero-order valence-electron chi connectivity index (χ0n) is 9.19. The maximum atomic E-state index is 13.4. The van der Waals surface area contributed by atoms with Crippen molar-refractivity contribution in [3.8, 4) is 0 Å². The van der Waals surface area contributed by atoms with Crippen LogP contribution in [0.25, 0.3) is 0 Å². The second-order valence-electron chi connectivity index (χ2n) is 3.57. The number of halogens is 2. The number of hydrogen-bond acceptors (Lipinski definition) is 3. The summed E-state index contributed by atoms with van der Waals surface area (Å²) in [6.07, 6.45) is -0.596. The SMILES string of the molecule is O=C(O)CC(NCc1c(F)cccc1Cl)C(=O)O. The Hall–Kier alpha value is -1.66. The van der Waals surface area contributed by atoms with Crippen molar-refractivity contribution in [1.29, 1.82) is 0 Å². The van der Waals surface area contributed by atoms with Crippen LogP contribution in [0.2, 0.25) is 5.02 Å². The van der Waals surface area contributed by atoms with E-state index in [0.29, 0.717) is 0 Å². The summed E-state index contributed by atoms with van der Waals surface area (Å²) < 4.78 is 13.4. The van der Waals surface area contributed by atoms with E-state index in [9.17, 15) is 14.0 Å². The molecule has 0 bridgehead atoms. The number of carboxylic acid groups (broad SMARTS) is 2. The summed E-state index contributed by atoms with van der Waals surface area (Å²) in [7, 11) is 0.